The maximum absolute atomic E-state index is 12.3. The first kappa shape index (κ1) is 15.4. The molecule has 1 atom stereocenters. The first-order chi connectivity index (χ1) is 9.99. The van der Waals surface area contributed by atoms with Crippen molar-refractivity contribution in [1.82, 2.24) is 9.80 Å². The highest BCUT2D eigenvalue weighted by Gasteiger charge is 2.25. The highest BCUT2D eigenvalue weighted by atomic mass is 16.6. The number of piperazine rings is 1. The van der Waals surface area contributed by atoms with E-state index in [1.807, 2.05) is 6.92 Å². The second kappa shape index (κ2) is 6.64. The molecule has 1 aliphatic rings. The fourth-order valence-corrected chi connectivity index (χ4v) is 2.35. The lowest BCUT2D eigenvalue weighted by atomic mass is 10.2. The quantitative estimate of drug-likeness (QED) is 0.665. The number of nitro benzene ring substituents is 1. The summed E-state index contributed by atoms with van der Waals surface area (Å²) in [7, 11) is 2.05. The van der Waals surface area contributed by atoms with Crippen LogP contribution in [0.2, 0.25) is 0 Å². The zero-order valence-electron chi connectivity index (χ0n) is 12.3. The van der Waals surface area contributed by atoms with E-state index in [9.17, 15) is 14.9 Å². The van der Waals surface area contributed by atoms with Crippen LogP contribution in [0.15, 0.2) is 24.3 Å². The van der Waals surface area contributed by atoms with E-state index in [0.29, 0.717) is 0 Å². The molecule has 2 rings (SSSR count). The number of hydrogen-bond donors (Lipinski definition) is 1. The number of para-hydroxylation sites is 2. The van der Waals surface area contributed by atoms with Gasteiger partial charge in [0.25, 0.3) is 5.69 Å². The van der Waals surface area contributed by atoms with Gasteiger partial charge in [0.1, 0.15) is 5.69 Å². The Labute approximate surface area is 123 Å². The lowest BCUT2D eigenvalue weighted by molar-refractivity contribution is -0.383. The van der Waals surface area contributed by atoms with Gasteiger partial charge in [-0.25, -0.2) is 0 Å². The van der Waals surface area contributed by atoms with Crippen molar-refractivity contribution in [2.24, 2.45) is 0 Å². The van der Waals surface area contributed by atoms with Crippen molar-refractivity contribution >= 4 is 17.3 Å². The molecule has 1 aromatic rings. The lowest BCUT2D eigenvalue weighted by Crippen LogP contribution is -2.51. The van der Waals surface area contributed by atoms with Crippen molar-refractivity contribution < 1.29 is 9.72 Å². The van der Waals surface area contributed by atoms with Crippen LogP contribution in [0.4, 0.5) is 11.4 Å². The predicted octanol–water partition coefficient (Wildman–Crippen LogP) is 1.17. The maximum atomic E-state index is 12.3. The summed E-state index contributed by atoms with van der Waals surface area (Å²) >= 11 is 0. The molecule has 1 heterocycles. The maximum Gasteiger partial charge on any atom is 0.292 e. The summed E-state index contributed by atoms with van der Waals surface area (Å²) in [4.78, 5) is 27.0. The van der Waals surface area contributed by atoms with E-state index in [4.69, 9.17) is 0 Å². The van der Waals surface area contributed by atoms with Crippen LogP contribution in [0.5, 0.6) is 0 Å². The average Bonchev–Trinajstić information content (AvgIpc) is 2.47. The van der Waals surface area contributed by atoms with Gasteiger partial charge in [0.2, 0.25) is 5.91 Å². The van der Waals surface area contributed by atoms with E-state index >= 15 is 0 Å². The molecule has 21 heavy (non-hydrogen) atoms. The summed E-state index contributed by atoms with van der Waals surface area (Å²) in [6, 6.07) is 5.88. The van der Waals surface area contributed by atoms with E-state index in [0.717, 1.165) is 26.2 Å². The third-order valence-corrected chi connectivity index (χ3v) is 3.82. The molecule has 0 radical (unpaired) electrons. The Kier molecular flexibility index (Phi) is 4.87. The van der Waals surface area contributed by atoms with Gasteiger partial charge in [0, 0.05) is 32.2 Å². The van der Waals surface area contributed by atoms with Gasteiger partial charge in [-0.3, -0.25) is 19.8 Å². The fraction of sp³-hybridized carbons (Fsp3) is 0.500. The molecular weight excluding hydrogens is 272 g/mol. The van der Waals surface area contributed by atoms with Crippen molar-refractivity contribution in [2.75, 3.05) is 38.5 Å². The van der Waals surface area contributed by atoms with Gasteiger partial charge in [0.05, 0.1) is 11.0 Å². The SMILES string of the molecule is C[C@H](C(=O)Nc1ccccc1[N+](=O)[O-])N1CCN(C)CC1. The van der Waals surface area contributed by atoms with Gasteiger partial charge in [-0.15, -0.1) is 0 Å². The van der Waals surface area contributed by atoms with E-state index in [-0.39, 0.29) is 23.3 Å². The molecule has 0 unspecified atom stereocenters. The van der Waals surface area contributed by atoms with Crippen molar-refractivity contribution in [1.29, 1.82) is 0 Å². The van der Waals surface area contributed by atoms with Gasteiger partial charge in [-0.05, 0) is 20.0 Å². The van der Waals surface area contributed by atoms with Crippen LogP contribution in [0, 0.1) is 10.1 Å². The Balaban J connectivity index is 2.03. The molecule has 7 nitrogen and oxygen atoms in total. The minimum Gasteiger partial charge on any atom is -0.319 e. The Morgan fingerprint density at radius 2 is 1.90 bits per heavy atom. The van der Waals surface area contributed by atoms with Gasteiger partial charge in [-0.1, -0.05) is 12.1 Å². The smallest absolute Gasteiger partial charge is 0.292 e. The molecule has 1 N–H and O–H groups in total. The van der Waals surface area contributed by atoms with Crippen LogP contribution in [-0.4, -0.2) is 59.9 Å². The molecule has 0 saturated carbocycles. The largest absolute Gasteiger partial charge is 0.319 e. The first-order valence-corrected chi connectivity index (χ1v) is 6.96. The lowest BCUT2D eigenvalue weighted by Gasteiger charge is -2.35. The number of nitrogens with zero attached hydrogens (tertiary/aromatic N) is 3. The number of anilines is 1. The summed E-state index contributed by atoms with van der Waals surface area (Å²) in [5.74, 6) is -0.214. The number of carbonyl (C=O) groups excluding carboxylic acids is 1. The number of rotatable bonds is 4. The molecule has 1 fully saturated rings. The minimum absolute atomic E-state index is 0.0866. The Morgan fingerprint density at radius 3 is 2.52 bits per heavy atom. The normalized spacial score (nSPS) is 18.2. The molecule has 114 valence electrons. The molecule has 0 bridgehead atoms. The van der Waals surface area contributed by atoms with Crippen LogP contribution in [-0.2, 0) is 4.79 Å². The third kappa shape index (κ3) is 3.77. The summed E-state index contributed by atoms with van der Waals surface area (Å²) in [6.45, 7) is 5.31. The number of nitro groups is 1. The first-order valence-electron chi connectivity index (χ1n) is 6.96. The van der Waals surface area contributed by atoms with Crippen LogP contribution >= 0.6 is 0 Å². The monoisotopic (exact) mass is 292 g/mol. The number of benzene rings is 1. The molecule has 7 heteroatoms. The van der Waals surface area contributed by atoms with E-state index in [1.165, 1.54) is 6.07 Å². The van der Waals surface area contributed by atoms with Crippen molar-refractivity contribution in [3.05, 3.63) is 34.4 Å². The van der Waals surface area contributed by atoms with Crippen molar-refractivity contribution in [2.45, 2.75) is 13.0 Å². The second-order valence-corrected chi connectivity index (χ2v) is 5.28. The Hall–Kier alpha value is -1.99. The number of amides is 1. The van der Waals surface area contributed by atoms with Crippen molar-refractivity contribution in [3.63, 3.8) is 0 Å². The summed E-state index contributed by atoms with van der Waals surface area (Å²) in [6.07, 6.45) is 0. The number of likely N-dealkylation sites (N-methyl/N-ethyl adjacent to an activating group) is 1. The van der Waals surface area contributed by atoms with Gasteiger partial charge < -0.3 is 10.2 Å². The van der Waals surface area contributed by atoms with Crippen LogP contribution in [0.3, 0.4) is 0 Å². The van der Waals surface area contributed by atoms with Gasteiger partial charge >= 0.3 is 0 Å². The van der Waals surface area contributed by atoms with E-state index in [1.54, 1.807) is 18.2 Å². The van der Waals surface area contributed by atoms with Crippen LogP contribution in [0.1, 0.15) is 6.92 Å². The minimum atomic E-state index is -0.490. The fourth-order valence-electron chi connectivity index (χ4n) is 2.35. The second-order valence-electron chi connectivity index (χ2n) is 5.28. The van der Waals surface area contributed by atoms with Crippen LogP contribution in [0.25, 0.3) is 0 Å². The molecule has 1 aromatic carbocycles. The van der Waals surface area contributed by atoms with E-state index in [2.05, 4.69) is 22.2 Å². The Bertz CT molecular complexity index is 527. The highest BCUT2D eigenvalue weighted by Crippen LogP contribution is 2.23. The molecule has 1 saturated heterocycles. The van der Waals surface area contributed by atoms with Crippen LogP contribution < -0.4 is 5.32 Å². The number of carbonyl (C=O) groups is 1. The molecule has 0 aromatic heterocycles. The molecule has 0 aliphatic carbocycles. The molecule has 0 spiro atoms. The molecule has 1 amide bonds. The van der Waals surface area contributed by atoms with Gasteiger partial charge in [0.15, 0.2) is 0 Å². The number of hydrogen-bond acceptors (Lipinski definition) is 5. The third-order valence-electron chi connectivity index (χ3n) is 3.82. The summed E-state index contributed by atoms with van der Waals surface area (Å²) in [5, 5.41) is 13.6. The van der Waals surface area contributed by atoms with Gasteiger partial charge in [-0.2, -0.15) is 0 Å². The average molecular weight is 292 g/mol. The highest BCUT2D eigenvalue weighted by molar-refractivity contribution is 5.96. The van der Waals surface area contributed by atoms with E-state index < -0.39 is 4.92 Å². The van der Waals surface area contributed by atoms with Crippen molar-refractivity contribution in [3.8, 4) is 0 Å². The predicted molar refractivity (Wildman–Crippen MR) is 80.3 cm³/mol. The molecular formula is C14H20N4O3. The summed E-state index contributed by atoms with van der Waals surface area (Å²) < 4.78 is 0. The molecule has 1 aliphatic heterocycles. The summed E-state index contributed by atoms with van der Waals surface area (Å²) in [5.41, 5.74) is 0.157. The Morgan fingerprint density at radius 1 is 1.29 bits per heavy atom. The number of nitrogens with one attached hydrogen (secondary N) is 1. The zero-order valence-corrected chi connectivity index (χ0v) is 12.3. The zero-order chi connectivity index (χ0) is 15.4. The standard InChI is InChI=1S/C14H20N4O3/c1-11(17-9-7-16(2)8-10-17)14(19)15-12-5-3-4-6-13(12)18(20)21/h3-6,11H,7-10H2,1-2H3,(H,15,19)/t11-/m1/s1. The topological polar surface area (TPSA) is 78.7 Å².